The van der Waals surface area contributed by atoms with Crippen LogP contribution in [0.1, 0.15) is 36.4 Å². The topological polar surface area (TPSA) is 15.3 Å². The van der Waals surface area contributed by atoms with Gasteiger partial charge in [-0.15, -0.1) is 0 Å². The summed E-state index contributed by atoms with van der Waals surface area (Å²) in [7, 11) is 0. The van der Waals surface area contributed by atoms with Gasteiger partial charge in [0, 0.05) is 19.1 Å². The van der Waals surface area contributed by atoms with Gasteiger partial charge < -0.3 is 10.2 Å². The van der Waals surface area contributed by atoms with E-state index in [-0.39, 0.29) is 0 Å². The Labute approximate surface area is 104 Å². The molecule has 1 heterocycles. The maximum Gasteiger partial charge on any atom is 0.0326 e. The van der Waals surface area contributed by atoms with Gasteiger partial charge in [0.1, 0.15) is 0 Å². The molecular weight excluding hydrogens is 208 g/mol. The SMILES string of the molecule is c1ccc2c(c1)CCC2NCCN1CCCC1. The lowest BCUT2D eigenvalue weighted by Crippen LogP contribution is -2.31. The highest BCUT2D eigenvalue weighted by Crippen LogP contribution is 2.30. The minimum atomic E-state index is 0.605. The largest absolute Gasteiger partial charge is 0.309 e. The van der Waals surface area contributed by atoms with Gasteiger partial charge in [-0.1, -0.05) is 24.3 Å². The van der Waals surface area contributed by atoms with Gasteiger partial charge in [0.05, 0.1) is 0 Å². The number of benzene rings is 1. The van der Waals surface area contributed by atoms with E-state index in [1.165, 1.54) is 50.9 Å². The van der Waals surface area contributed by atoms with E-state index in [0.717, 1.165) is 6.54 Å². The van der Waals surface area contributed by atoms with Crippen molar-refractivity contribution in [1.29, 1.82) is 0 Å². The van der Waals surface area contributed by atoms with Crippen LogP contribution < -0.4 is 5.32 Å². The van der Waals surface area contributed by atoms with Crippen molar-refractivity contribution in [2.24, 2.45) is 0 Å². The molecular formula is C15H22N2. The van der Waals surface area contributed by atoms with Gasteiger partial charge in [-0.3, -0.25) is 0 Å². The quantitative estimate of drug-likeness (QED) is 0.854. The molecule has 1 aromatic rings. The summed E-state index contributed by atoms with van der Waals surface area (Å²) >= 11 is 0. The first-order valence-corrected chi connectivity index (χ1v) is 6.97. The molecule has 3 rings (SSSR count). The third kappa shape index (κ3) is 2.53. The Bertz CT molecular complexity index is 369. The molecule has 2 aliphatic rings. The van der Waals surface area contributed by atoms with Crippen molar-refractivity contribution in [2.45, 2.75) is 31.7 Å². The van der Waals surface area contributed by atoms with Crippen LogP contribution in [0.2, 0.25) is 0 Å². The zero-order valence-electron chi connectivity index (χ0n) is 10.5. The molecule has 0 aromatic heterocycles. The molecule has 0 bridgehead atoms. The molecule has 17 heavy (non-hydrogen) atoms. The number of aryl methyl sites for hydroxylation is 1. The molecule has 1 atom stereocenters. The van der Waals surface area contributed by atoms with Crippen LogP contribution in [0, 0.1) is 0 Å². The molecule has 1 aliphatic heterocycles. The Morgan fingerprint density at radius 1 is 1.18 bits per heavy atom. The van der Waals surface area contributed by atoms with Crippen molar-refractivity contribution < 1.29 is 0 Å². The number of nitrogens with one attached hydrogen (secondary N) is 1. The molecule has 0 spiro atoms. The van der Waals surface area contributed by atoms with E-state index < -0.39 is 0 Å². The number of rotatable bonds is 4. The minimum Gasteiger partial charge on any atom is -0.309 e. The Hall–Kier alpha value is -0.860. The van der Waals surface area contributed by atoms with Crippen LogP contribution in [0.3, 0.4) is 0 Å². The average molecular weight is 230 g/mol. The number of fused-ring (bicyclic) bond motifs is 1. The van der Waals surface area contributed by atoms with Crippen molar-refractivity contribution in [3.8, 4) is 0 Å². The van der Waals surface area contributed by atoms with Crippen LogP contribution in [0.4, 0.5) is 0 Å². The molecule has 1 aromatic carbocycles. The Balaban J connectivity index is 1.50. The van der Waals surface area contributed by atoms with Crippen LogP contribution in [0.5, 0.6) is 0 Å². The lowest BCUT2D eigenvalue weighted by molar-refractivity contribution is 0.327. The van der Waals surface area contributed by atoms with Gasteiger partial charge in [0.2, 0.25) is 0 Å². The molecule has 1 aliphatic carbocycles. The predicted octanol–water partition coefficient (Wildman–Crippen LogP) is 2.36. The summed E-state index contributed by atoms with van der Waals surface area (Å²) in [6.07, 6.45) is 5.31. The maximum absolute atomic E-state index is 3.72. The third-order valence-corrected chi connectivity index (χ3v) is 4.15. The second-order valence-corrected chi connectivity index (χ2v) is 5.29. The van der Waals surface area contributed by atoms with Gasteiger partial charge in [-0.2, -0.15) is 0 Å². The first kappa shape index (κ1) is 11.2. The molecule has 1 unspecified atom stereocenters. The fraction of sp³-hybridized carbons (Fsp3) is 0.600. The first-order valence-electron chi connectivity index (χ1n) is 6.97. The van der Waals surface area contributed by atoms with Gasteiger partial charge in [-0.25, -0.2) is 0 Å². The van der Waals surface area contributed by atoms with Crippen LogP contribution >= 0.6 is 0 Å². The standard InChI is InChI=1S/C15H22N2/c1-2-6-14-13(5-1)7-8-15(14)16-9-12-17-10-3-4-11-17/h1-2,5-6,15-16H,3-4,7-12H2. The van der Waals surface area contributed by atoms with E-state index in [1.807, 2.05) is 0 Å². The van der Waals surface area contributed by atoms with Crippen molar-refractivity contribution in [3.05, 3.63) is 35.4 Å². The van der Waals surface area contributed by atoms with Crippen molar-refractivity contribution >= 4 is 0 Å². The predicted molar refractivity (Wildman–Crippen MR) is 71.2 cm³/mol. The highest BCUT2D eigenvalue weighted by molar-refractivity contribution is 5.34. The Kier molecular flexibility index (Phi) is 3.44. The van der Waals surface area contributed by atoms with E-state index in [4.69, 9.17) is 0 Å². The second-order valence-electron chi connectivity index (χ2n) is 5.29. The molecule has 92 valence electrons. The zero-order valence-corrected chi connectivity index (χ0v) is 10.5. The van der Waals surface area contributed by atoms with Crippen molar-refractivity contribution in [2.75, 3.05) is 26.2 Å². The summed E-state index contributed by atoms with van der Waals surface area (Å²) in [6, 6.07) is 9.49. The maximum atomic E-state index is 3.72. The molecule has 2 heteroatoms. The molecule has 1 saturated heterocycles. The van der Waals surface area contributed by atoms with Crippen LogP contribution in [-0.4, -0.2) is 31.1 Å². The van der Waals surface area contributed by atoms with E-state index in [1.54, 1.807) is 5.56 Å². The van der Waals surface area contributed by atoms with E-state index >= 15 is 0 Å². The van der Waals surface area contributed by atoms with E-state index in [9.17, 15) is 0 Å². The summed E-state index contributed by atoms with van der Waals surface area (Å²) in [4.78, 5) is 2.58. The number of hydrogen-bond acceptors (Lipinski definition) is 2. The fourth-order valence-electron chi connectivity index (χ4n) is 3.17. The second kappa shape index (κ2) is 5.19. The molecule has 1 N–H and O–H groups in total. The van der Waals surface area contributed by atoms with Crippen molar-refractivity contribution in [1.82, 2.24) is 10.2 Å². The van der Waals surface area contributed by atoms with E-state index in [2.05, 4.69) is 34.5 Å². The van der Waals surface area contributed by atoms with Gasteiger partial charge in [0.15, 0.2) is 0 Å². The molecule has 2 nitrogen and oxygen atoms in total. The summed E-state index contributed by atoms with van der Waals surface area (Å²) in [6.45, 7) is 4.98. The normalized spacial score (nSPS) is 24.1. The summed E-state index contributed by atoms with van der Waals surface area (Å²) < 4.78 is 0. The van der Waals surface area contributed by atoms with E-state index in [0.29, 0.717) is 6.04 Å². The smallest absolute Gasteiger partial charge is 0.0326 e. The average Bonchev–Trinajstić information content (AvgIpc) is 2.99. The highest BCUT2D eigenvalue weighted by Gasteiger charge is 2.21. The van der Waals surface area contributed by atoms with Gasteiger partial charge in [0.25, 0.3) is 0 Å². The summed E-state index contributed by atoms with van der Waals surface area (Å²) in [5.41, 5.74) is 3.08. The lowest BCUT2D eigenvalue weighted by Gasteiger charge is -2.18. The number of nitrogens with zero attached hydrogens (tertiary/aromatic N) is 1. The molecule has 0 saturated carbocycles. The van der Waals surface area contributed by atoms with Gasteiger partial charge in [-0.05, 0) is 49.9 Å². The van der Waals surface area contributed by atoms with Crippen molar-refractivity contribution in [3.63, 3.8) is 0 Å². The molecule has 0 radical (unpaired) electrons. The summed E-state index contributed by atoms with van der Waals surface area (Å²) in [5.74, 6) is 0. The highest BCUT2D eigenvalue weighted by atomic mass is 15.2. The fourth-order valence-corrected chi connectivity index (χ4v) is 3.17. The number of likely N-dealkylation sites (tertiary alicyclic amines) is 1. The molecule has 1 fully saturated rings. The Morgan fingerprint density at radius 2 is 2.00 bits per heavy atom. The molecule has 0 amide bonds. The van der Waals surface area contributed by atoms with Crippen LogP contribution in [0.15, 0.2) is 24.3 Å². The van der Waals surface area contributed by atoms with Crippen LogP contribution in [-0.2, 0) is 6.42 Å². The van der Waals surface area contributed by atoms with Gasteiger partial charge >= 0.3 is 0 Å². The third-order valence-electron chi connectivity index (χ3n) is 4.15. The van der Waals surface area contributed by atoms with Crippen LogP contribution in [0.25, 0.3) is 0 Å². The minimum absolute atomic E-state index is 0.605. The first-order chi connectivity index (χ1) is 8.43. The lowest BCUT2D eigenvalue weighted by atomic mass is 10.1. The summed E-state index contributed by atoms with van der Waals surface area (Å²) in [5, 5.41) is 3.72. The zero-order chi connectivity index (χ0) is 11.5. The number of hydrogen-bond donors (Lipinski definition) is 1. The monoisotopic (exact) mass is 230 g/mol. The Morgan fingerprint density at radius 3 is 2.88 bits per heavy atom.